The lowest BCUT2D eigenvalue weighted by Gasteiger charge is -1.93. The van der Waals surface area contributed by atoms with E-state index in [1.807, 2.05) is 0 Å². The third-order valence-corrected chi connectivity index (χ3v) is 1.88. The van der Waals surface area contributed by atoms with E-state index in [1.165, 1.54) is 7.11 Å². The molecule has 0 aliphatic heterocycles. The van der Waals surface area contributed by atoms with E-state index in [9.17, 15) is 9.36 Å². The monoisotopic (exact) mass is 152 g/mol. The van der Waals surface area contributed by atoms with Crippen molar-refractivity contribution in [1.82, 2.24) is 0 Å². The van der Waals surface area contributed by atoms with Crippen LogP contribution in [-0.4, -0.2) is 24.3 Å². The summed E-state index contributed by atoms with van der Waals surface area (Å²) in [5, 5.41) is 8.08. The predicted octanol–water partition coefficient (Wildman–Crippen LogP) is 0.582. The van der Waals surface area contributed by atoms with Crippen molar-refractivity contribution in [2.75, 3.05) is 13.3 Å². The fraction of sp³-hybridized carbons (Fsp3) is 0.750. The van der Waals surface area contributed by atoms with E-state index in [0.29, 0.717) is 0 Å². The highest BCUT2D eigenvalue weighted by Gasteiger charge is 2.00. The van der Waals surface area contributed by atoms with Crippen LogP contribution in [0.1, 0.15) is 6.42 Å². The Hall–Kier alpha value is -0.340. The maximum absolute atomic E-state index is 10.4. The number of hydrogen-bond donors (Lipinski definition) is 1. The minimum atomic E-state index is -2.05. The predicted molar refractivity (Wildman–Crippen MR) is 33.1 cm³/mol. The highest BCUT2D eigenvalue weighted by Crippen LogP contribution is 2.20. The topological polar surface area (TPSA) is 63.6 Å². The molecular formula is C4H9O4P. The number of rotatable bonds is 4. The molecule has 0 aromatic carbocycles. The molecule has 0 rings (SSSR count). The Morgan fingerprint density at radius 2 is 2.33 bits per heavy atom. The van der Waals surface area contributed by atoms with Gasteiger partial charge in [-0.05, 0) is 0 Å². The summed E-state index contributed by atoms with van der Waals surface area (Å²) in [7, 11) is -0.746. The van der Waals surface area contributed by atoms with Crippen molar-refractivity contribution in [3.8, 4) is 0 Å². The van der Waals surface area contributed by atoms with Crippen molar-refractivity contribution in [2.45, 2.75) is 6.42 Å². The SMILES string of the molecule is CO[PH](=O)CCC(=O)O. The van der Waals surface area contributed by atoms with E-state index in [2.05, 4.69) is 4.52 Å². The first-order valence-electron chi connectivity index (χ1n) is 2.45. The molecule has 1 N–H and O–H groups in total. The van der Waals surface area contributed by atoms with E-state index in [0.717, 1.165) is 0 Å². The number of aliphatic carboxylic acids is 1. The molecule has 0 saturated heterocycles. The molecule has 0 aromatic heterocycles. The van der Waals surface area contributed by atoms with Crippen molar-refractivity contribution in [2.24, 2.45) is 0 Å². The molecule has 54 valence electrons. The highest BCUT2D eigenvalue weighted by atomic mass is 31.1. The summed E-state index contributed by atoms with van der Waals surface area (Å²) < 4.78 is 14.8. The maximum Gasteiger partial charge on any atom is 0.303 e. The summed E-state index contributed by atoms with van der Waals surface area (Å²) in [6.07, 6.45) is 0.0577. The van der Waals surface area contributed by atoms with Gasteiger partial charge in [-0.25, -0.2) is 0 Å². The highest BCUT2D eigenvalue weighted by molar-refractivity contribution is 7.39. The Bertz CT molecular complexity index is 122. The zero-order valence-corrected chi connectivity index (χ0v) is 6.09. The van der Waals surface area contributed by atoms with Crippen molar-refractivity contribution in [3.05, 3.63) is 0 Å². The van der Waals surface area contributed by atoms with E-state index in [1.54, 1.807) is 0 Å². The van der Waals surface area contributed by atoms with E-state index < -0.39 is 14.0 Å². The summed E-state index contributed by atoms with van der Waals surface area (Å²) in [6.45, 7) is 0. The van der Waals surface area contributed by atoms with Gasteiger partial charge in [-0.2, -0.15) is 0 Å². The molecule has 0 saturated carbocycles. The number of carboxylic acid groups (broad SMARTS) is 1. The van der Waals surface area contributed by atoms with Crippen molar-refractivity contribution < 1.29 is 19.0 Å². The molecule has 0 aliphatic rings. The number of hydrogen-bond acceptors (Lipinski definition) is 3. The minimum absolute atomic E-state index is 0.0777. The first-order chi connectivity index (χ1) is 4.16. The maximum atomic E-state index is 10.4. The van der Waals surface area contributed by atoms with Gasteiger partial charge in [0, 0.05) is 13.3 Å². The van der Waals surface area contributed by atoms with Gasteiger partial charge in [-0.1, -0.05) is 0 Å². The molecule has 0 aromatic rings. The van der Waals surface area contributed by atoms with Crippen molar-refractivity contribution >= 4 is 14.0 Å². The summed E-state index contributed by atoms with van der Waals surface area (Å²) in [6, 6.07) is 0. The van der Waals surface area contributed by atoms with Gasteiger partial charge in [0.2, 0.25) is 0 Å². The van der Waals surface area contributed by atoms with Crippen LogP contribution in [0.15, 0.2) is 0 Å². The molecule has 9 heavy (non-hydrogen) atoms. The summed E-state index contributed by atoms with van der Waals surface area (Å²) >= 11 is 0. The molecule has 1 atom stereocenters. The molecular weight excluding hydrogens is 143 g/mol. The third kappa shape index (κ3) is 5.53. The van der Waals surface area contributed by atoms with E-state index >= 15 is 0 Å². The van der Waals surface area contributed by atoms with Crippen LogP contribution in [0.3, 0.4) is 0 Å². The Balaban J connectivity index is 3.28. The normalized spacial score (nSPS) is 13.0. The average Bonchev–Trinajstić information content (AvgIpc) is 1.83. The Morgan fingerprint density at radius 1 is 1.78 bits per heavy atom. The minimum Gasteiger partial charge on any atom is -0.481 e. The lowest BCUT2D eigenvalue weighted by Crippen LogP contribution is -1.95. The Labute approximate surface area is 53.7 Å². The van der Waals surface area contributed by atoms with Crippen LogP contribution < -0.4 is 0 Å². The second kappa shape index (κ2) is 4.53. The molecule has 0 fully saturated rings. The first kappa shape index (κ1) is 8.66. The van der Waals surface area contributed by atoms with Gasteiger partial charge in [-0.3, -0.25) is 9.36 Å². The molecule has 0 spiro atoms. The Morgan fingerprint density at radius 3 is 2.67 bits per heavy atom. The van der Waals surface area contributed by atoms with E-state index in [4.69, 9.17) is 5.11 Å². The summed E-state index contributed by atoms with van der Waals surface area (Å²) in [5.41, 5.74) is 0. The van der Waals surface area contributed by atoms with Gasteiger partial charge < -0.3 is 9.63 Å². The molecule has 4 nitrogen and oxygen atoms in total. The molecule has 0 radical (unpaired) electrons. The van der Waals surface area contributed by atoms with Crippen LogP contribution in [0.4, 0.5) is 0 Å². The first-order valence-corrected chi connectivity index (χ1v) is 3.97. The second-order valence-electron chi connectivity index (χ2n) is 1.47. The molecule has 0 amide bonds. The van der Waals surface area contributed by atoms with Crippen LogP contribution >= 0.6 is 8.03 Å². The average molecular weight is 152 g/mol. The van der Waals surface area contributed by atoms with Crippen LogP contribution in [0.25, 0.3) is 0 Å². The summed E-state index contributed by atoms with van der Waals surface area (Å²) in [4.78, 5) is 9.84. The fourth-order valence-electron chi connectivity index (χ4n) is 0.311. The summed E-state index contributed by atoms with van der Waals surface area (Å²) in [5.74, 6) is -0.939. The van der Waals surface area contributed by atoms with Crippen LogP contribution in [0.5, 0.6) is 0 Å². The van der Waals surface area contributed by atoms with Crippen LogP contribution in [0.2, 0.25) is 0 Å². The van der Waals surface area contributed by atoms with Gasteiger partial charge in [0.05, 0.1) is 6.42 Å². The van der Waals surface area contributed by atoms with Crippen LogP contribution in [-0.2, 0) is 13.9 Å². The van der Waals surface area contributed by atoms with Gasteiger partial charge in [0.15, 0.2) is 8.03 Å². The quantitative estimate of drug-likeness (QED) is 0.598. The van der Waals surface area contributed by atoms with E-state index in [-0.39, 0.29) is 12.6 Å². The molecule has 5 heteroatoms. The smallest absolute Gasteiger partial charge is 0.303 e. The van der Waals surface area contributed by atoms with Gasteiger partial charge >= 0.3 is 5.97 Å². The zero-order valence-electron chi connectivity index (χ0n) is 5.09. The van der Waals surface area contributed by atoms with Crippen LogP contribution in [0, 0.1) is 0 Å². The zero-order chi connectivity index (χ0) is 7.28. The largest absolute Gasteiger partial charge is 0.481 e. The van der Waals surface area contributed by atoms with Gasteiger partial charge in [-0.15, -0.1) is 0 Å². The number of carbonyl (C=O) groups is 1. The Kier molecular flexibility index (Phi) is 4.36. The molecule has 0 bridgehead atoms. The van der Waals surface area contributed by atoms with Crippen molar-refractivity contribution in [3.63, 3.8) is 0 Å². The fourth-order valence-corrected chi connectivity index (χ4v) is 0.933. The van der Waals surface area contributed by atoms with Crippen molar-refractivity contribution in [1.29, 1.82) is 0 Å². The molecule has 0 heterocycles. The standard InChI is InChI=1S/C4H9O4P/c1-8-9(7)3-2-4(5)6/h9H,2-3H2,1H3,(H,5,6). The van der Waals surface area contributed by atoms with Gasteiger partial charge in [0.1, 0.15) is 0 Å². The third-order valence-electron chi connectivity index (χ3n) is 0.771. The lowest BCUT2D eigenvalue weighted by molar-refractivity contribution is -0.136. The molecule has 0 aliphatic carbocycles. The number of carboxylic acids is 1. The molecule has 1 unspecified atom stereocenters. The second-order valence-corrected chi connectivity index (χ2v) is 3.12. The lowest BCUT2D eigenvalue weighted by atomic mass is 10.5. The van der Waals surface area contributed by atoms with Gasteiger partial charge in [0.25, 0.3) is 0 Å².